The smallest absolute Gasteiger partial charge is 0.00727 e. The molecule has 1 fully saturated rings. The summed E-state index contributed by atoms with van der Waals surface area (Å²) >= 11 is 0. The van der Waals surface area contributed by atoms with Crippen molar-refractivity contribution in [1.82, 2.24) is 5.32 Å². The molecule has 0 radical (unpaired) electrons. The van der Waals surface area contributed by atoms with E-state index in [-0.39, 0.29) is 0 Å². The summed E-state index contributed by atoms with van der Waals surface area (Å²) in [6.07, 6.45) is 6.61. The van der Waals surface area contributed by atoms with Crippen LogP contribution in [0.1, 0.15) is 54.9 Å². The van der Waals surface area contributed by atoms with E-state index >= 15 is 0 Å². The van der Waals surface area contributed by atoms with Gasteiger partial charge in [-0.1, -0.05) is 24.1 Å². The van der Waals surface area contributed by atoms with Crippen LogP contribution in [-0.4, -0.2) is 12.1 Å². The highest BCUT2D eigenvalue weighted by Crippen LogP contribution is 2.21. The first kappa shape index (κ1) is 13.6. The number of aryl methyl sites for hydroxylation is 3. The van der Waals surface area contributed by atoms with Crippen molar-refractivity contribution in [2.75, 3.05) is 0 Å². The van der Waals surface area contributed by atoms with Crippen molar-refractivity contribution in [3.63, 3.8) is 0 Å². The van der Waals surface area contributed by atoms with Gasteiger partial charge in [0, 0.05) is 12.1 Å². The highest BCUT2D eigenvalue weighted by Gasteiger charge is 2.17. The van der Waals surface area contributed by atoms with Crippen LogP contribution in [0.5, 0.6) is 0 Å². The molecule has 2 atom stereocenters. The van der Waals surface area contributed by atoms with Gasteiger partial charge in [-0.25, -0.2) is 0 Å². The van der Waals surface area contributed by atoms with Crippen molar-refractivity contribution in [3.05, 3.63) is 34.4 Å². The van der Waals surface area contributed by atoms with Gasteiger partial charge in [-0.15, -0.1) is 0 Å². The predicted octanol–water partition coefficient (Wildman–Crippen LogP) is 4.08. The van der Waals surface area contributed by atoms with Crippen LogP contribution < -0.4 is 5.32 Å². The first-order valence-electron chi connectivity index (χ1n) is 7.39. The molecule has 100 valence electrons. The topological polar surface area (TPSA) is 12.0 Å². The van der Waals surface area contributed by atoms with E-state index in [1.165, 1.54) is 48.8 Å². The largest absolute Gasteiger partial charge is 0.311 e. The van der Waals surface area contributed by atoms with Gasteiger partial charge in [0.05, 0.1) is 0 Å². The van der Waals surface area contributed by atoms with Gasteiger partial charge in [-0.2, -0.15) is 0 Å². The van der Waals surface area contributed by atoms with Gasteiger partial charge in [0.2, 0.25) is 0 Å². The van der Waals surface area contributed by atoms with Gasteiger partial charge < -0.3 is 5.32 Å². The molecule has 0 amide bonds. The number of hydrogen-bond acceptors (Lipinski definition) is 1. The Kier molecular flexibility index (Phi) is 4.45. The molecule has 1 saturated heterocycles. The lowest BCUT2D eigenvalue weighted by Crippen LogP contribution is -2.40. The minimum atomic E-state index is 0.712. The number of piperidine rings is 1. The lowest BCUT2D eigenvalue weighted by Gasteiger charge is -2.29. The maximum atomic E-state index is 3.74. The molecule has 1 aromatic rings. The van der Waals surface area contributed by atoms with E-state index in [4.69, 9.17) is 0 Å². The molecule has 2 rings (SSSR count). The molecule has 1 nitrogen and oxygen atoms in total. The molecule has 18 heavy (non-hydrogen) atoms. The number of benzene rings is 1. The fourth-order valence-electron chi connectivity index (χ4n) is 3.39. The Morgan fingerprint density at radius 3 is 2.39 bits per heavy atom. The summed E-state index contributed by atoms with van der Waals surface area (Å²) in [5, 5.41) is 3.74. The van der Waals surface area contributed by atoms with E-state index in [1.807, 2.05) is 0 Å². The third kappa shape index (κ3) is 3.35. The third-order valence-electron chi connectivity index (χ3n) is 4.29. The predicted molar refractivity (Wildman–Crippen MR) is 79.2 cm³/mol. The van der Waals surface area contributed by atoms with Crippen molar-refractivity contribution in [2.24, 2.45) is 0 Å². The lowest BCUT2D eigenvalue weighted by atomic mass is 9.91. The summed E-state index contributed by atoms with van der Waals surface area (Å²) in [5.74, 6) is 0. The molecular formula is C17H27N. The van der Waals surface area contributed by atoms with Crippen LogP contribution in [-0.2, 0) is 6.42 Å². The summed E-state index contributed by atoms with van der Waals surface area (Å²) in [5.41, 5.74) is 5.89. The van der Waals surface area contributed by atoms with E-state index in [0.717, 1.165) is 6.04 Å². The van der Waals surface area contributed by atoms with Crippen molar-refractivity contribution in [2.45, 2.75) is 71.9 Å². The molecule has 1 N–H and O–H groups in total. The molecule has 0 saturated carbocycles. The molecule has 0 aliphatic carbocycles. The third-order valence-corrected chi connectivity index (χ3v) is 4.29. The normalized spacial score (nSPS) is 24.2. The van der Waals surface area contributed by atoms with Gasteiger partial charge >= 0.3 is 0 Å². The second kappa shape index (κ2) is 5.88. The van der Waals surface area contributed by atoms with Crippen LogP contribution in [0, 0.1) is 20.8 Å². The van der Waals surface area contributed by atoms with Crippen LogP contribution in [0.4, 0.5) is 0 Å². The van der Waals surface area contributed by atoms with Crippen LogP contribution in [0.25, 0.3) is 0 Å². The Bertz CT molecular complexity index is 385. The van der Waals surface area contributed by atoms with Crippen LogP contribution in [0.2, 0.25) is 0 Å². The average molecular weight is 245 g/mol. The van der Waals surface area contributed by atoms with E-state index in [9.17, 15) is 0 Å². The molecule has 1 heterocycles. The van der Waals surface area contributed by atoms with Gasteiger partial charge in [0.15, 0.2) is 0 Å². The van der Waals surface area contributed by atoms with E-state index < -0.39 is 0 Å². The summed E-state index contributed by atoms with van der Waals surface area (Å²) in [4.78, 5) is 0. The summed E-state index contributed by atoms with van der Waals surface area (Å²) in [7, 11) is 0. The molecule has 2 unspecified atom stereocenters. The lowest BCUT2D eigenvalue weighted by molar-refractivity contribution is 0.322. The van der Waals surface area contributed by atoms with Crippen molar-refractivity contribution in [1.29, 1.82) is 0 Å². The Balaban J connectivity index is 1.97. The fraction of sp³-hybridized carbons (Fsp3) is 0.647. The minimum absolute atomic E-state index is 0.712. The van der Waals surface area contributed by atoms with Crippen molar-refractivity contribution >= 4 is 0 Å². The van der Waals surface area contributed by atoms with Gasteiger partial charge in [0.1, 0.15) is 0 Å². The van der Waals surface area contributed by atoms with Gasteiger partial charge in [-0.3, -0.25) is 0 Å². The molecular weight excluding hydrogens is 218 g/mol. The minimum Gasteiger partial charge on any atom is -0.311 e. The SMILES string of the molecule is Cc1cc(C)c(CCC2CCCC(C)N2)c(C)c1. The molecule has 1 aliphatic rings. The molecule has 1 heteroatoms. The van der Waals surface area contributed by atoms with E-state index in [2.05, 4.69) is 45.1 Å². The van der Waals surface area contributed by atoms with Crippen molar-refractivity contribution < 1.29 is 0 Å². The first-order valence-corrected chi connectivity index (χ1v) is 7.39. The Hall–Kier alpha value is -0.820. The average Bonchev–Trinajstić information content (AvgIpc) is 2.27. The number of rotatable bonds is 3. The molecule has 1 aliphatic heterocycles. The first-order chi connectivity index (χ1) is 8.56. The standard InChI is InChI=1S/C17H27N/c1-12-10-13(2)17(14(3)11-12)9-8-16-7-5-6-15(4)18-16/h10-11,15-16,18H,5-9H2,1-4H3. The maximum Gasteiger partial charge on any atom is 0.00727 e. The zero-order valence-electron chi connectivity index (χ0n) is 12.3. The Morgan fingerprint density at radius 2 is 1.78 bits per heavy atom. The Morgan fingerprint density at radius 1 is 1.11 bits per heavy atom. The van der Waals surface area contributed by atoms with Crippen LogP contribution in [0.15, 0.2) is 12.1 Å². The van der Waals surface area contributed by atoms with Gasteiger partial charge in [-0.05, 0) is 70.1 Å². The quantitative estimate of drug-likeness (QED) is 0.846. The number of nitrogens with one attached hydrogen (secondary N) is 1. The molecule has 1 aromatic carbocycles. The summed E-state index contributed by atoms with van der Waals surface area (Å²) in [6, 6.07) is 6.08. The summed E-state index contributed by atoms with van der Waals surface area (Å²) in [6.45, 7) is 9.02. The highest BCUT2D eigenvalue weighted by atomic mass is 15.0. The second-order valence-electron chi connectivity index (χ2n) is 6.11. The fourth-order valence-corrected chi connectivity index (χ4v) is 3.39. The molecule has 0 aromatic heterocycles. The number of hydrogen-bond donors (Lipinski definition) is 1. The molecule has 0 spiro atoms. The molecule has 0 bridgehead atoms. The van der Waals surface area contributed by atoms with Crippen LogP contribution in [0.3, 0.4) is 0 Å². The Labute approximate surface area is 112 Å². The highest BCUT2D eigenvalue weighted by molar-refractivity contribution is 5.37. The zero-order chi connectivity index (χ0) is 13.1. The monoisotopic (exact) mass is 245 g/mol. The van der Waals surface area contributed by atoms with Crippen molar-refractivity contribution in [3.8, 4) is 0 Å². The summed E-state index contributed by atoms with van der Waals surface area (Å²) < 4.78 is 0. The van der Waals surface area contributed by atoms with Gasteiger partial charge in [0.25, 0.3) is 0 Å². The maximum absolute atomic E-state index is 3.74. The van der Waals surface area contributed by atoms with Crippen LogP contribution >= 0.6 is 0 Å². The second-order valence-corrected chi connectivity index (χ2v) is 6.11. The zero-order valence-corrected chi connectivity index (χ0v) is 12.3. The van der Waals surface area contributed by atoms with E-state index in [1.54, 1.807) is 5.56 Å². The van der Waals surface area contributed by atoms with E-state index in [0.29, 0.717) is 6.04 Å².